The summed E-state index contributed by atoms with van der Waals surface area (Å²) in [5.41, 5.74) is 0.992. The molecule has 104 valence electrons. The van der Waals surface area contributed by atoms with Crippen molar-refractivity contribution < 1.29 is 14.3 Å². The highest BCUT2D eigenvalue weighted by Crippen LogP contribution is 2.25. The summed E-state index contributed by atoms with van der Waals surface area (Å²) in [6, 6.07) is 10.6. The summed E-state index contributed by atoms with van der Waals surface area (Å²) >= 11 is 0. The van der Waals surface area contributed by atoms with Crippen LogP contribution in [0.3, 0.4) is 0 Å². The number of aromatic nitrogens is 1. The van der Waals surface area contributed by atoms with Crippen LogP contribution in [-0.2, 0) is 0 Å². The molecule has 2 rings (SSSR count). The number of anilines is 1. The van der Waals surface area contributed by atoms with Gasteiger partial charge in [0.25, 0.3) is 5.91 Å². The van der Waals surface area contributed by atoms with Crippen molar-refractivity contribution in [3.05, 3.63) is 48.2 Å². The van der Waals surface area contributed by atoms with Crippen LogP contribution < -0.4 is 14.8 Å². The number of nitrogens with zero attached hydrogens (tertiary/aromatic N) is 1. The lowest BCUT2D eigenvalue weighted by atomic mass is 10.2. The molecule has 5 nitrogen and oxygen atoms in total. The monoisotopic (exact) mass is 272 g/mol. The molecule has 0 saturated carbocycles. The highest BCUT2D eigenvalue weighted by atomic mass is 16.5. The molecule has 0 aliphatic heterocycles. The molecule has 0 bridgehead atoms. The Hall–Kier alpha value is -2.56. The Kier molecular flexibility index (Phi) is 4.55. The number of carbonyl (C=O) groups excluding carboxylic acids is 1. The van der Waals surface area contributed by atoms with E-state index in [1.165, 1.54) is 7.11 Å². The molecular formula is C15H16N2O3. The molecule has 5 heteroatoms. The zero-order chi connectivity index (χ0) is 14.4. The summed E-state index contributed by atoms with van der Waals surface area (Å²) in [5.74, 6) is 0.632. The fourth-order valence-corrected chi connectivity index (χ4v) is 1.77. The average Bonchev–Trinajstić information content (AvgIpc) is 2.49. The number of para-hydroxylation sites is 2. The maximum Gasteiger partial charge on any atom is 0.261 e. The molecule has 0 atom stereocenters. The van der Waals surface area contributed by atoms with Crippen LogP contribution in [-0.4, -0.2) is 24.6 Å². The highest BCUT2D eigenvalue weighted by molar-refractivity contribution is 6.06. The molecule has 0 radical (unpaired) electrons. The fourth-order valence-electron chi connectivity index (χ4n) is 1.77. The topological polar surface area (TPSA) is 60.5 Å². The Bertz CT molecular complexity index is 599. The summed E-state index contributed by atoms with van der Waals surface area (Å²) in [6.07, 6.45) is 1.57. The Morgan fingerprint density at radius 2 is 2.05 bits per heavy atom. The zero-order valence-electron chi connectivity index (χ0n) is 11.4. The van der Waals surface area contributed by atoms with E-state index in [2.05, 4.69) is 10.3 Å². The van der Waals surface area contributed by atoms with Gasteiger partial charge in [-0.3, -0.25) is 4.79 Å². The van der Waals surface area contributed by atoms with Gasteiger partial charge in [0.15, 0.2) is 0 Å². The minimum absolute atomic E-state index is 0.290. The molecule has 0 fully saturated rings. The van der Waals surface area contributed by atoms with E-state index in [0.29, 0.717) is 29.5 Å². The number of hydrogen-bond donors (Lipinski definition) is 1. The van der Waals surface area contributed by atoms with E-state index in [-0.39, 0.29) is 5.91 Å². The summed E-state index contributed by atoms with van der Waals surface area (Å²) < 4.78 is 10.5. The lowest BCUT2D eigenvalue weighted by molar-refractivity contribution is 0.102. The highest BCUT2D eigenvalue weighted by Gasteiger charge is 2.14. The van der Waals surface area contributed by atoms with Gasteiger partial charge in [-0.05, 0) is 31.2 Å². The van der Waals surface area contributed by atoms with Crippen LogP contribution in [0.2, 0.25) is 0 Å². The first-order chi connectivity index (χ1) is 9.76. The Morgan fingerprint density at radius 1 is 1.25 bits per heavy atom. The predicted molar refractivity (Wildman–Crippen MR) is 76.4 cm³/mol. The first-order valence-electron chi connectivity index (χ1n) is 6.28. The van der Waals surface area contributed by atoms with E-state index in [9.17, 15) is 4.79 Å². The molecule has 1 amide bonds. The van der Waals surface area contributed by atoms with Crippen LogP contribution in [0.15, 0.2) is 42.6 Å². The molecule has 1 N–H and O–H groups in total. The molecule has 0 aliphatic carbocycles. The Labute approximate surface area is 117 Å². The van der Waals surface area contributed by atoms with Crippen molar-refractivity contribution >= 4 is 11.6 Å². The first kappa shape index (κ1) is 13.9. The summed E-state index contributed by atoms with van der Waals surface area (Å²) in [4.78, 5) is 16.3. The lowest BCUT2D eigenvalue weighted by Crippen LogP contribution is -2.14. The molecule has 0 spiro atoms. The molecular weight excluding hydrogens is 256 g/mol. The molecule has 1 heterocycles. The van der Waals surface area contributed by atoms with Gasteiger partial charge in [-0.25, -0.2) is 4.98 Å². The second-order valence-electron chi connectivity index (χ2n) is 3.94. The lowest BCUT2D eigenvalue weighted by Gasteiger charge is -2.12. The number of carbonyl (C=O) groups is 1. The summed E-state index contributed by atoms with van der Waals surface area (Å²) in [7, 11) is 1.48. The van der Waals surface area contributed by atoms with Gasteiger partial charge in [0.2, 0.25) is 5.88 Å². The van der Waals surface area contributed by atoms with Crippen molar-refractivity contribution in [2.45, 2.75) is 6.92 Å². The number of ether oxygens (including phenoxy) is 2. The van der Waals surface area contributed by atoms with Crippen LogP contribution in [0.5, 0.6) is 11.6 Å². The standard InChI is InChI=1S/C15H16N2O3/c1-3-20-13-9-5-4-8-12(13)17-14(18)11-7-6-10-16-15(11)19-2/h4-10H,3H2,1-2H3,(H,17,18). The molecule has 0 saturated heterocycles. The second kappa shape index (κ2) is 6.56. The number of benzene rings is 1. The van der Waals surface area contributed by atoms with Gasteiger partial charge in [0.1, 0.15) is 11.3 Å². The van der Waals surface area contributed by atoms with Gasteiger partial charge in [-0.2, -0.15) is 0 Å². The van der Waals surface area contributed by atoms with E-state index in [1.807, 2.05) is 19.1 Å². The minimum atomic E-state index is -0.290. The number of methoxy groups -OCH3 is 1. The largest absolute Gasteiger partial charge is 0.492 e. The normalized spacial score (nSPS) is 9.90. The molecule has 1 aromatic carbocycles. The van der Waals surface area contributed by atoms with E-state index >= 15 is 0 Å². The summed E-state index contributed by atoms with van der Waals surface area (Å²) in [6.45, 7) is 2.42. The van der Waals surface area contributed by atoms with Crippen molar-refractivity contribution in [2.24, 2.45) is 0 Å². The average molecular weight is 272 g/mol. The van der Waals surface area contributed by atoms with E-state index < -0.39 is 0 Å². The van der Waals surface area contributed by atoms with Crippen molar-refractivity contribution in [2.75, 3.05) is 19.0 Å². The van der Waals surface area contributed by atoms with E-state index in [1.54, 1.807) is 30.5 Å². The smallest absolute Gasteiger partial charge is 0.261 e. The molecule has 20 heavy (non-hydrogen) atoms. The number of hydrogen-bond acceptors (Lipinski definition) is 4. The van der Waals surface area contributed by atoms with Crippen LogP contribution >= 0.6 is 0 Å². The Morgan fingerprint density at radius 3 is 2.80 bits per heavy atom. The van der Waals surface area contributed by atoms with Crippen LogP contribution in [0.1, 0.15) is 17.3 Å². The van der Waals surface area contributed by atoms with Crippen LogP contribution in [0, 0.1) is 0 Å². The molecule has 0 aliphatic rings. The third-order valence-electron chi connectivity index (χ3n) is 2.64. The zero-order valence-corrected chi connectivity index (χ0v) is 11.4. The summed E-state index contributed by atoms with van der Waals surface area (Å²) in [5, 5.41) is 2.80. The van der Waals surface area contributed by atoms with Gasteiger partial charge in [0, 0.05) is 6.20 Å². The predicted octanol–water partition coefficient (Wildman–Crippen LogP) is 2.74. The van der Waals surface area contributed by atoms with Crippen LogP contribution in [0.25, 0.3) is 0 Å². The van der Waals surface area contributed by atoms with Crippen molar-refractivity contribution in [3.63, 3.8) is 0 Å². The molecule has 1 aromatic heterocycles. The van der Waals surface area contributed by atoms with Crippen molar-refractivity contribution in [3.8, 4) is 11.6 Å². The van der Waals surface area contributed by atoms with Crippen LogP contribution in [0.4, 0.5) is 5.69 Å². The van der Waals surface area contributed by atoms with Gasteiger partial charge in [0.05, 0.1) is 19.4 Å². The Balaban J connectivity index is 2.24. The molecule has 2 aromatic rings. The quantitative estimate of drug-likeness (QED) is 0.909. The van der Waals surface area contributed by atoms with Gasteiger partial charge < -0.3 is 14.8 Å². The minimum Gasteiger partial charge on any atom is -0.492 e. The second-order valence-corrected chi connectivity index (χ2v) is 3.94. The third kappa shape index (κ3) is 3.06. The maximum absolute atomic E-state index is 12.3. The van der Waals surface area contributed by atoms with E-state index in [4.69, 9.17) is 9.47 Å². The first-order valence-corrected chi connectivity index (χ1v) is 6.28. The SMILES string of the molecule is CCOc1ccccc1NC(=O)c1cccnc1OC. The fraction of sp³-hybridized carbons (Fsp3) is 0.200. The van der Waals surface area contributed by atoms with Gasteiger partial charge in [-0.1, -0.05) is 12.1 Å². The number of rotatable bonds is 5. The van der Waals surface area contributed by atoms with Crippen molar-refractivity contribution in [1.82, 2.24) is 4.98 Å². The van der Waals surface area contributed by atoms with E-state index in [0.717, 1.165) is 0 Å². The van der Waals surface area contributed by atoms with Crippen molar-refractivity contribution in [1.29, 1.82) is 0 Å². The maximum atomic E-state index is 12.3. The number of nitrogens with one attached hydrogen (secondary N) is 1. The number of pyridine rings is 1. The number of amides is 1. The molecule has 0 unspecified atom stereocenters. The van der Waals surface area contributed by atoms with Gasteiger partial charge in [-0.15, -0.1) is 0 Å². The third-order valence-corrected chi connectivity index (χ3v) is 2.64. The van der Waals surface area contributed by atoms with Gasteiger partial charge >= 0.3 is 0 Å².